The number of fused-ring (bicyclic) bond motifs is 1. The van der Waals surface area contributed by atoms with Gasteiger partial charge < -0.3 is 9.30 Å². The van der Waals surface area contributed by atoms with E-state index in [-0.39, 0.29) is 5.97 Å². The van der Waals surface area contributed by atoms with Crippen LogP contribution in [0.1, 0.15) is 10.4 Å². The zero-order valence-electron chi connectivity index (χ0n) is 11.8. The van der Waals surface area contributed by atoms with E-state index in [1.807, 2.05) is 54.2 Å². The Morgan fingerprint density at radius 2 is 1.90 bits per heavy atom. The lowest BCUT2D eigenvalue weighted by molar-refractivity contribution is 0.0601. The van der Waals surface area contributed by atoms with Gasteiger partial charge in [-0.25, -0.2) is 4.79 Å². The van der Waals surface area contributed by atoms with Crippen LogP contribution in [-0.4, -0.2) is 17.6 Å². The van der Waals surface area contributed by atoms with E-state index in [1.54, 1.807) is 6.07 Å². The lowest BCUT2D eigenvalue weighted by Gasteiger charge is -2.07. The summed E-state index contributed by atoms with van der Waals surface area (Å²) in [5.74, 6) is -0.343. The van der Waals surface area contributed by atoms with Crippen molar-refractivity contribution in [3.63, 3.8) is 0 Å². The standard InChI is InChI=1S/C17H14ClNO2/c1-19-10-15(14-9-11(18)7-8-16(14)19)12-5-3-4-6-13(12)17(20)21-2/h3-10H,1-2H3. The summed E-state index contributed by atoms with van der Waals surface area (Å²) in [4.78, 5) is 12.0. The molecule has 1 heterocycles. The number of halogens is 1. The van der Waals surface area contributed by atoms with Crippen LogP contribution in [0.25, 0.3) is 22.0 Å². The Bertz CT molecular complexity index is 836. The molecule has 0 saturated heterocycles. The van der Waals surface area contributed by atoms with Crippen LogP contribution in [0, 0.1) is 0 Å². The Kier molecular flexibility index (Phi) is 3.43. The number of aromatic nitrogens is 1. The fourth-order valence-electron chi connectivity index (χ4n) is 2.58. The van der Waals surface area contributed by atoms with E-state index in [1.165, 1.54) is 7.11 Å². The summed E-state index contributed by atoms with van der Waals surface area (Å²) < 4.78 is 6.89. The third kappa shape index (κ3) is 2.30. The molecule has 0 aliphatic carbocycles. The van der Waals surface area contributed by atoms with Crippen molar-refractivity contribution in [2.45, 2.75) is 0 Å². The van der Waals surface area contributed by atoms with Crippen LogP contribution in [-0.2, 0) is 11.8 Å². The van der Waals surface area contributed by atoms with E-state index in [0.29, 0.717) is 10.6 Å². The third-order valence-corrected chi connectivity index (χ3v) is 3.81. The molecule has 3 aromatic rings. The summed E-state index contributed by atoms with van der Waals surface area (Å²) in [6.07, 6.45) is 2.00. The van der Waals surface area contributed by atoms with E-state index in [0.717, 1.165) is 22.0 Å². The van der Waals surface area contributed by atoms with Gasteiger partial charge in [0.2, 0.25) is 0 Å². The van der Waals surface area contributed by atoms with Crippen LogP contribution in [0.15, 0.2) is 48.7 Å². The van der Waals surface area contributed by atoms with E-state index >= 15 is 0 Å². The van der Waals surface area contributed by atoms with E-state index in [9.17, 15) is 4.79 Å². The molecule has 0 fully saturated rings. The van der Waals surface area contributed by atoms with Crippen molar-refractivity contribution in [3.8, 4) is 11.1 Å². The van der Waals surface area contributed by atoms with Crippen molar-refractivity contribution in [2.75, 3.05) is 7.11 Å². The van der Waals surface area contributed by atoms with Crippen molar-refractivity contribution < 1.29 is 9.53 Å². The van der Waals surface area contributed by atoms with Crippen molar-refractivity contribution >= 4 is 28.5 Å². The largest absolute Gasteiger partial charge is 0.465 e. The molecule has 3 rings (SSSR count). The van der Waals surface area contributed by atoms with Crippen LogP contribution < -0.4 is 0 Å². The second-order valence-electron chi connectivity index (χ2n) is 4.85. The first-order valence-electron chi connectivity index (χ1n) is 6.54. The third-order valence-electron chi connectivity index (χ3n) is 3.57. The first-order valence-corrected chi connectivity index (χ1v) is 6.92. The number of benzene rings is 2. The lowest BCUT2D eigenvalue weighted by Crippen LogP contribution is -2.03. The van der Waals surface area contributed by atoms with Crippen molar-refractivity contribution in [3.05, 3.63) is 59.2 Å². The normalized spacial score (nSPS) is 10.8. The van der Waals surface area contributed by atoms with E-state index in [2.05, 4.69) is 0 Å². The summed E-state index contributed by atoms with van der Waals surface area (Å²) in [6.45, 7) is 0. The van der Waals surface area contributed by atoms with Gasteiger partial charge in [0.05, 0.1) is 12.7 Å². The highest BCUT2D eigenvalue weighted by Crippen LogP contribution is 2.34. The van der Waals surface area contributed by atoms with Crippen LogP contribution in [0.3, 0.4) is 0 Å². The summed E-state index contributed by atoms with van der Waals surface area (Å²) in [5, 5.41) is 1.69. The molecule has 0 unspecified atom stereocenters. The Hall–Kier alpha value is -2.26. The van der Waals surface area contributed by atoms with Gasteiger partial charge in [0.1, 0.15) is 0 Å². The SMILES string of the molecule is COC(=O)c1ccccc1-c1cn(C)c2ccc(Cl)cc12. The van der Waals surface area contributed by atoms with Crippen LogP contribution >= 0.6 is 11.6 Å². The van der Waals surface area contributed by atoms with Crippen LogP contribution in [0.4, 0.5) is 0 Å². The molecule has 0 saturated carbocycles. The van der Waals surface area contributed by atoms with Gasteiger partial charge in [-0.3, -0.25) is 0 Å². The predicted octanol–water partition coefficient (Wildman–Crippen LogP) is 4.29. The maximum atomic E-state index is 12.0. The number of nitrogens with zero attached hydrogens (tertiary/aromatic N) is 1. The molecule has 0 aliphatic heterocycles. The zero-order valence-corrected chi connectivity index (χ0v) is 12.5. The van der Waals surface area contributed by atoms with Gasteiger partial charge in [-0.1, -0.05) is 29.8 Å². The molecule has 21 heavy (non-hydrogen) atoms. The van der Waals surface area contributed by atoms with Gasteiger partial charge in [0.15, 0.2) is 0 Å². The number of aryl methyl sites for hydroxylation is 1. The van der Waals surface area contributed by atoms with E-state index < -0.39 is 0 Å². The second-order valence-corrected chi connectivity index (χ2v) is 5.29. The maximum Gasteiger partial charge on any atom is 0.338 e. The molecule has 0 bridgehead atoms. The Morgan fingerprint density at radius 1 is 1.14 bits per heavy atom. The van der Waals surface area contributed by atoms with Crippen molar-refractivity contribution in [1.29, 1.82) is 0 Å². The molecule has 1 aromatic heterocycles. The highest BCUT2D eigenvalue weighted by Gasteiger charge is 2.16. The molecule has 0 amide bonds. The fraction of sp³-hybridized carbons (Fsp3) is 0.118. The van der Waals surface area contributed by atoms with Gasteiger partial charge in [-0.2, -0.15) is 0 Å². The molecule has 3 nitrogen and oxygen atoms in total. The highest BCUT2D eigenvalue weighted by atomic mass is 35.5. The van der Waals surface area contributed by atoms with Gasteiger partial charge in [-0.15, -0.1) is 0 Å². The first-order chi connectivity index (χ1) is 10.1. The second kappa shape index (κ2) is 5.26. The molecular weight excluding hydrogens is 286 g/mol. The average molecular weight is 300 g/mol. The zero-order chi connectivity index (χ0) is 15.0. The average Bonchev–Trinajstić information content (AvgIpc) is 2.82. The Labute approximate surface area is 127 Å². The number of methoxy groups -OCH3 is 1. The molecule has 0 radical (unpaired) electrons. The van der Waals surface area contributed by atoms with Crippen LogP contribution in [0.2, 0.25) is 5.02 Å². The number of esters is 1. The number of hydrogen-bond donors (Lipinski definition) is 0. The first kappa shape index (κ1) is 13.7. The summed E-state index contributed by atoms with van der Waals surface area (Å²) in [7, 11) is 3.36. The highest BCUT2D eigenvalue weighted by molar-refractivity contribution is 6.31. The number of carbonyl (C=O) groups is 1. The molecule has 0 aliphatic rings. The van der Waals surface area contributed by atoms with Crippen LogP contribution in [0.5, 0.6) is 0 Å². The van der Waals surface area contributed by atoms with Gasteiger partial charge in [0, 0.05) is 34.7 Å². The molecular formula is C17H14ClNO2. The number of carbonyl (C=O) groups excluding carboxylic acids is 1. The topological polar surface area (TPSA) is 31.2 Å². The number of ether oxygens (including phenoxy) is 1. The van der Waals surface area contributed by atoms with Gasteiger partial charge in [-0.05, 0) is 29.8 Å². The van der Waals surface area contributed by atoms with Crippen molar-refractivity contribution in [1.82, 2.24) is 4.57 Å². The van der Waals surface area contributed by atoms with Gasteiger partial charge >= 0.3 is 5.97 Å². The predicted molar refractivity (Wildman–Crippen MR) is 84.7 cm³/mol. The summed E-state index contributed by atoms with van der Waals surface area (Å²) >= 11 is 6.12. The smallest absolute Gasteiger partial charge is 0.338 e. The molecule has 0 atom stereocenters. The number of rotatable bonds is 2. The monoisotopic (exact) mass is 299 g/mol. The van der Waals surface area contributed by atoms with E-state index in [4.69, 9.17) is 16.3 Å². The minimum atomic E-state index is -0.343. The Balaban J connectivity index is 2.31. The molecule has 2 aromatic carbocycles. The number of hydrogen-bond acceptors (Lipinski definition) is 2. The lowest BCUT2D eigenvalue weighted by atomic mass is 9.99. The minimum Gasteiger partial charge on any atom is -0.465 e. The molecule has 106 valence electrons. The van der Waals surface area contributed by atoms with Crippen molar-refractivity contribution in [2.24, 2.45) is 7.05 Å². The maximum absolute atomic E-state index is 12.0. The molecule has 4 heteroatoms. The van der Waals surface area contributed by atoms with Gasteiger partial charge in [0.25, 0.3) is 0 Å². The summed E-state index contributed by atoms with van der Waals surface area (Å²) in [5.41, 5.74) is 3.43. The summed E-state index contributed by atoms with van der Waals surface area (Å²) in [6, 6.07) is 13.2. The molecule has 0 spiro atoms. The quantitative estimate of drug-likeness (QED) is 0.661. The Morgan fingerprint density at radius 3 is 2.67 bits per heavy atom. The fourth-order valence-corrected chi connectivity index (χ4v) is 2.76. The molecule has 0 N–H and O–H groups in total. The minimum absolute atomic E-state index is 0.343.